The Bertz CT molecular complexity index is 1090. The van der Waals surface area contributed by atoms with Crippen molar-refractivity contribution in [3.63, 3.8) is 0 Å². The number of Topliss-reactive ketones (excluding diaryl/α,β-unsaturated/α-hetero) is 1. The van der Waals surface area contributed by atoms with Gasteiger partial charge in [0.15, 0.2) is 0 Å². The van der Waals surface area contributed by atoms with Crippen LogP contribution in [0, 0.1) is 11.7 Å². The summed E-state index contributed by atoms with van der Waals surface area (Å²) in [5.74, 6) is -1.86. The maximum atomic E-state index is 14.4. The highest BCUT2D eigenvalue weighted by atomic mass is 19.4. The number of halogens is 4. The molecule has 1 aliphatic carbocycles. The molecule has 0 aromatic heterocycles. The van der Waals surface area contributed by atoms with Crippen LogP contribution in [0.5, 0.6) is 0 Å². The van der Waals surface area contributed by atoms with Crippen LogP contribution in [0.4, 0.5) is 22.4 Å². The van der Waals surface area contributed by atoms with Gasteiger partial charge in [-0.2, -0.15) is 13.2 Å². The molecule has 0 spiro atoms. The molecule has 0 bridgehead atoms. The van der Waals surface area contributed by atoms with Gasteiger partial charge in [0.05, 0.1) is 0 Å². The van der Waals surface area contributed by atoms with Crippen molar-refractivity contribution in [3.8, 4) is 11.1 Å². The fourth-order valence-electron chi connectivity index (χ4n) is 4.50. The number of ether oxygens (including phenoxy) is 1. The molecule has 37 heavy (non-hydrogen) atoms. The minimum atomic E-state index is -4.93. The zero-order valence-corrected chi connectivity index (χ0v) is 21.6. The summed E-state index contributed by atoms with van der Waals surface area (Å²) in [6, 6.07) is 9.80. The van der Waals surface area contributed by atoms with Gasteiger partial charge in [0.25, 0.3) is 5.78 Å². The fraction of sp³-hybridized carbons (Fsp3) is 0.500. The first-order chi connectivity index (χ1) is 17.2. The highest BCUT2D eigenvalue weighted by molar-refractivity contribution is 6.00. The lowest BCUT2D eigenvalue weighted by Gasteiger charge is -2.35. The molecule has 0 heterocycles. The van der Waals surface area contributed by atoms with Crippen LogP contribution in [0.2, 0.25) is 0 Å². The highest BCUT2D eigenvalue weighted by Gasteiger charge is 2.39. The molecule has 1 saturated carbocycles. The molecular formula is C28H34F4N2O3. The van der Waals surface area contributed by atoms with Crippen molar-refractivity contribution in [3.05, 3.63) is 59.4 Å². The van der Waals surface area contributed by atoms with Gasteiger partial charge >= 0.3 is 12.3 Å². The van der Waals surface area contributed by atoms with E-state index in [2.05, 4.69) is 5.32 Å². The Labute approximate surface area is 215 Å². The molecule has 5 nitrogen and oxygen atoms in total. The lowest BCUT2D eigenvalue weighted by molar-refractivity contribution is -0.0885. The molecule has 3 rings (SSSR count). The average Bonchev–Trinajstić information content (AvgIpc) is 2.83. The van der Waals surface area contributed by atoms with E-state index in [0.29, 0.717) is 35.7 Å². The van der Waals surface area contributed by atoms with E-state index in [1.165, 1.54) is 18.2 Å². The molecule has 0 aliphatic heterocycles. The Morgan fingerprint density at radius 1 is 0.973 bits per heavy atom. The molecule has 1 aliphatic rings. The standard InChI is InChI=1S/C28H34F4N2O3/c1-27(2,3)37-26(36)34(4)23-12-5-18(6-13-23)16-33-17-22-15-21(11-14-24(22)29)19-7-9-20(10-8-19)25(35)28(30,31)32/h7-11,14-15,18,23,33H,5-6,12-13,16-17H2,1-4H3. The van der Waals surface area contributed by atoms with Crippen LogP contribution in [-0.4, -0.2) is 48.2 Å². The number of alkyl halides is 3. The van der Waals surface area contributed by atoms with E-state index in [9.17, 15) is 27.2 Å². The highest BCUT2D eigenvalue weighted by Crippen LogP contribution is 2.29. The topological polar surface area (TPSA) is 58.6 Å². The quantitative estimate of drug-likeness (QED) is 0.323. The SMILES string of the molecule is CN(C(=O)OC(C)(C)C)C1CCC(CNCc2cc(-c3ccc(C(=O)C(F)(F)F)cc3)ccc2F)CC1. The van der Waals surface area contributed by atoms with E-state index in [4.69, 9.17) is 4.74 Å². The number of carbonyl (C=O) groups excluding carboxylic acids is 2. The maximum absolute atomic E-state index is 14.4. The Kier molecular flexibility index (Phi) is 9.00. The van der Waals surface area contributed by atoms with Crippen LogP contribution < -0.4 is 5.32 Å². The summed E-state index contributed by atoms with van der Waals surface area (Å²) >= 11 is 0. The first-order valence-corrected chi connectivity index (χ1v) is 12.4. The minimum Gasteiger partial charge on any atom is -0.444 e. The van der Waals surface area contributed by atoms with Gasteiger partial charge in [0, 0.05) is 30.8 Å². The first-order valence-electron chi connectivity index (χ1n) is 12.4. The summed E-state index contributed by atoms with van der Waals surface area (Å²) in [6.45, 7) is 6.55. The van der Waals surface area contributed by atoms with Gasteiger partial charge in [-0.05, 0) is 82.2 Å². The zero-order valence-electron chi connectivity index (χ0n) is 21.6. The monoisotopic (exact) mass is 522 g/mol. The van der Waals surface area contributed by atoms with E-state index in [1.807, 2.05) is 20.8 Å². The molecule has 0 unspecified atom stereocenters. The molecular weight excluding hydrogens is 488 g/mol. The van der Waals surface area contributed by atoms with E-state index < -0.39 is 23.1 Å². The number of ketones is 1. The maximum Gasteiger partial charge on any atom is 0.454 e. The second-order valence-corrected chi connectivity index (χ2v) is 10.6. The fourth-order valence-corrected chi connectivity index (χ4v) is 4.50. The van der Waals surface area contributed by atoms with Crippen molar-refractivity contribution < 1.29 is 31.9 Å². The molecule has 2 aromatic carbocycles. The van der Waals surface area contributed by atoms with Crippen molar-refractivity contribution in [1.82, 2.24) is 10.2 Å². The number of hydrogen-bond acceptors (Lipinski definition) is 4. The number of benzene rings is 2. The summed E-state index contributed by atoms with van der Waals surface area (Å²) < 4.78 is 57.8. The third-order valence-corrected chi connectivity index (χ3v) is 6.58. The second-order valence-electron chi connectivity index (χ2n) is 10.6. The molecule has 2 aromatic rings. The van der Waals surface area contributed by atoms with E-state index in [0.717, 1.165) is 37.8 Å². The van der Waals surface area contributed by atoms with E-state index in [1.54, 1.807) is 24.1 Å². The predicted molar refractivity (Wildman–Crippen MR) is 134 cm³/mol. The van der Waals surface area contributed by atoms with Crippen LogP contribution >= 0.6 is 0 Å². The molecule has 0 atom stereocenters. The van der Waals surface area contributed by atoms with Gasteiger partial charge in [-0.15, -0.1) is 0 Å². The second kappa shape index (κ2) is 11.6. The Morgan fingerprint density at radius 3 is 2.14 bits per heavy atom. The number of amides is 1. The molecule has 9 heteroatoms. The Hall–Kier alpha value is -2.94. The van der Waals surface area contributed by atoms with Crippen LogP contribution in [0.3, 0.4) is 0 Å². The van der Waals surface area contributed by atoms with Gasteiger partial charge in [-0.1, -0.05) is 30.3 Å². The van der Waals surface area contributed by atoms with Crippen molar-refractivity contribution in [2.75, 3.05) is 13.6 Å². The Morgan fingerprint density at radius 2 is 1.57 bits per heavy atom. The molecule has 0 radical (unpaired) electrons. The smallest absolute Gasteiger partial charge is 0.444 e. The van der Waals surface area contributed by atoms with Crippen molar-refractivity contribution in [2.24, 2.45) is 5.92 Å². The van der Waals surface area contributed by atoms with Crippen molar-refractivity contribution in [1.29, 1.82) is 0 Å². The minimum absolute atomic E-state index is 0.137. The van der Waals surface area contributed by atoms with Gasteiger partial charge in [-0.25, -0.2) is 9.18 Å². The predicted octanol–water partition coefficient (Wildman–Crippen LogP) is 6.75. The van der Waals surface area contributed by atoms with Gasteiger partial charge in [0.1, 0.15) is 11.4 Å². The van der Waals surface area contributed by atoms with Crippen LogP contribution in [-0.2, 0) is 11.3 Å². The molecule has 202 valence electrons. The largest absolute Gasteiger partial charge is 0.454 e. The van der Waals surface area contributed by atoms with Crippen molar-refractivity contribution >= 4 is 11.9 Å². The lowest BCUT2D eigenvalue weighted by Crippen LogP contribution is -2.43. The third kappa shape index (κ3) is 8.02. The van der Waals surface area contributed by atoms with Gasteiger partial charge < -0.3 is 15.0 Å². The zero-order chi connectivity index (χ0) is 27.4. The first kappa shape index (κ1) is 28.6. The summed E-state index contributed by atoms with van der Waals surface area (Å²) in [7, 11) is 1.77. The van der Waals surface area contributed by atoms with E-state index in [-0.39, 0.29) is 18.0 Å². The van der Waals surface area contributed by atoms with Gasteiger partial charge in [-0.3, -0.25) is 4.79 Å². The van der Waals surface area contributed by atoms with E-state index >= 15 is 0 Å². The van der Waals surface area contributed by atoms with Crippen LogP contribution in [0.15, 0.2) is 42.5 Å². The number of nitrogens with one attached hydrogen (secondary N) is 1. The average molecular weight is 523 g/mol. The van der Waals surface area contributed by atoms with Crippen molar-refractivity contribution in [2.45, 2.75) is 70.8 Å². The summed E-state index contributed by atoms with van der Waals surface area (Å²) in [5.41, 5.74) is 0.718. The molecule has 1 N–H and O–H groups in total. The van der Waals surface area contributed by atoms with Gasteiger partial charge in [0.2, 0.25) is 0 Å². The lowest BCUT2D eigenvalue weighted by atomic mass is 9.85. The normalized spacial score (nSPS) is 18.4. The molecule has 1 amide bonds. The number of hydrogen-bond donors (Lipinski definition) is 1. The number of rotatable bonds is 7. The van der Waals surface area contributed by atoms with Crippen LogP contribution in [0.25, 0.3) is 11.1 Å². The summed E-state index contributed by atoms with van der Waals surface area (Å²) in [4.78, 5) is 25.4. The number of carbonyl (C=O) groups is 2. The van der Waals surface area contributed by atoms with Crippen LogP contribution in [0.1, 0.15) is 62.4 Å². The molecule has 0 saturated heterocycles. The summed E-state index contributed by atoms with van der Waals surface area (Å²) in [5, 5.41) is 3.31. The molecule has 1 fully saturated rings. The Balaban J connectivity index is 1.52. The summed E-state index contributed by atoms with van der Waals surface area (Å²) in [6.07, 6.45) is -1.61. The number of nitrogens with zero attached hydrogens (tertiary/aromatic N) is 1. The third-order valence-electron chi connectivity index (χ3n) is 6.58.